The highest BCUT2D eigenvalue weighted by Crippen LogP contribution is 2.25. The van der Waals surface area contributed by atoms with Crippen molar-refractivity contribution in [3.8, 4) is 5.75 Å². The molecular weight excluding hydrogens is 356 g/mol. The number of carboxylic acids is 1. The molecule has 0 radical (unpaired) electrons. The van der Waals surface area contributed by atoms with Crippen molar-refractivity contribution < 1.29 is 24.6 Å². The molecular formula is C18H16N2O5S. The van der Waals surface area contributed by atoms with Gasteiger partial charge in [0.2, 0.25) is 0 Å². The minimum Gasteiger partial charge on any atom is -0.486 e. The molecule has 0 fully saturated rings. The van der Waals surface area contributed by atoms with Gasteiger partial charge in [-0.2, -0.15) is 5.06 Å². The van der Waals surface area contributed by atoms with Crippen molar-refractivity contribution in [1.29, 1.82) is 0 Å². The number of hydroxylamine groups is 1. The van der Waals surface area contributed by atoms with Crippen LogP contribution in [0.5, 0.6) is 5.75 Å². The summed E-state index contributed by atoms with van der Waals surface area (Å²) in [5, 5.41) is 19.8. The van der Waals surface area contributed by atoms with Crippen LogP contribution >= 0.6 is 11.3 Å². The van der Waals surface area contributed by atoms with Gasteiger partial charge < -0.3 is 9.84 Å². The molecule has 1 aromatic heterocycles. The molecule has 0 atom stereocenters. The molecule has 0 saturated heterocycles. The summed E-state index contributed by atoms with van der Waals surface area (Å²) in [6.07, 6.45) is -0.633. The van der Waals surface area contributed by atoms with Crippen LogP contribution in [0.3, 0.4) is 0 Å². The predicted octanol–water partition coefficient (Wildman–Crippen LogP) is 3.46. The van der Waals surface area contributed by atoms with Gasteiger partial charge in [0, 0.05) is 12.5 Å². The van der Waals surface area contributed by atoms with Crippen LogP contribution in [0.15, 0.2) is 48.5 Å². The van der Waals surface area contributed by atoms with Gasteiger partial charge in [0.05, 0.1) is 22.3 Å². The fourth-order valence-corrected chi connectivity index (χ4v) is 3.18. The molecule has 8 heteroatoms. The molecule has 134 valence electrons. The number of para-hydroxylation sites is 1. The number of fused-ring (bicyclic) bond motifs is 1. The minimum absolute atomic E-state index is 0.210. The first kappa shape index (κ1) is 17.8. The second-order valence-electron chi connectivity index (χ2n) is 5.46. The number of anilines is 1. The molecule has 7 nitrogen and oxygen atoms in total. The molecule has 2 N–H and O–H groups in total. The summed E-state index contributed by atoms with van der Waals surface area (Å²) in [6.45, 7) is 0.265. The van der Waals surface area contributed by atoms with Crippen molar-refractivity contribution in [3.05, 3.63) is 53.5 Å². The van der Waals surface area contributed by atoms with Gasteiger partial charge in [-0.1, -0.05) is 18.2 Å². The third kappa shape index (κ3) is 4.35. The van der Waals surface area contributed by atoms with Crippen LogP contribution in [0.4, 0.5) is 5.69 Å². The van der Waals surface area contributed by atoms with Gasteiger partial charge in [-0.3, -0.25) is 14.8 Å². The number of amides is 1. The number of aromatic nitrogens is 1. The van der Waals surface area contributed by atoms with E-state index in [1.165, 1.54) is 23.5 Å². The van der Waals surface area contributed by atoms with Gasteiger partial charge in [0.15, 0.2) is 0 Å². The van der Waals surface area contributed by atoms with E-state index in [0.29, 0.717) is 10.8 Å². The average Bonchev–Trinajstić information content (AvgIpc) is 3.07. The van der Waals surface area contributed by atoms with E-state index in [0.717, 1.165) is 15.2 Å². The molecule has 2 aromatic carbocycles. The van der Waals surface area contributed by atoms with E-state index < -0.39 is 11.9 Å². The molecule has 0 unspecified atom stereocenters. The fourth-order valence-electron chi connectivity index (χ4n) is 2.30. The summed E-state index contributed by atoms with van der Waals surface area (Å²) >= 11 is 1.54. The fraction of sp³-hybridized carbons (Fsp3) is 0.167. The van der Waals surface area contributed by atoms with Gasteiger partial charge >= 0.3 is 5.97 Å². The van der Waals surface area contributed by atoms with Crippen molar-refractivity contribution in [2.45, 2.75) is 19.4 Å². The highest BCUT2D eigenvalue weighted by Gasteiger charge is 2.15. The Balaban J connectivity index is 1.65. The molecule has 1 amide bonds. The third-order valence-electron chi connectivity index (χ3n) is 3.55. The lowest BCUT2D eigenvalue weighted by Gasteiger charge is -2.15. The second kappa shape index (κ2) is 7.94. The normalized spacial score (nSPS) is 10.7. The standard InChI is InChI=1S/C18H16N2O5S/c21-17(8-9-18(22)23)20(24)12-4-3-5-13(10-12)25-11-16-19-14-6-1-2-7-15(14)26-16/h1-7,10,24H,8-9,11H2,(H,22,23). The number of carbonyl (C=O) groups is 2. The van der Waals surface area contributed by atoms with Crippen molar-refractivity contribution in [2.24, 2.45) is 0 Å². The predicted molar refractivity (Wildman–Crippen MR) is 96.5 cm³/mol. The maximum Gasteiger partial charge on any atom is 0.303 e. The number of rotatable bonds is 7. The molecule has 0 saturated carbocycles. The first-order valence-corrected chi connectivity index (χ1v) is 8.65. The molecule has 0 aliphatic rings. The Morgan fingerprint density at radius 2 is 1.92 bits per heavy atom. The number of nitrogens with zero attached hydrogens (tertiary/aromatic N) is 2. The Morgan fingerprint density at radius 3 is 2.69 bits per heavy atom. The lowest BCUT2D eigenvalue weighted by Crippen LogP contribution is -2.27. The summed E-state index contributed by atoms with van der Waals surface area (Å²) in [4.78, 5) is 26.8. The van der Waals surface area contributed by atoms with Gasteiger partial charge in [-0.15, -0.1) is 11.3 Å². The summed E-state index contributed by atoms with van der Waals surface area (Å²) in [7, 11) is 0. The molecule has 0 aliphatic heterocycles. The van der Waals surface area contributed by atoms with Crippen molar-refractivity contribution >= 4 is 39.1 Å². The number of aliphatic carboxylic acids is 1. The second-order valence-corrected chi connectivity index (χ2v) is 6.58. The summed E-state index contributed by atoms with van der Waals surface area (Å²) < 4.78 is 6.77. The molecule has 1 heterocycles. The summed E-state index contributed by atoms with van der Waals surface area (Å²) in [5.74, 6) is -1.33. The molecule has 0 bridgehead atoms. The van der Waals surface area contributed by atoms with Crippen LogP contribution in [0.2, 0.25) is 0 Å². The van der Waals surface area contributed by atoms with Gasteiger partial charge in [0.25, 0.3) is 5.91 Å². The molecule has 0 spiro atoms. The van der Waals surface area contributed by atoms with Crippen LogP contribution in [0.25, 0.3) is 10.2 Å². The van der Waals surface area contributed by atoms with Crippen LogP contribution in [-0.4, -0.2) is 27.2 Å². The third-order valence-corrected chi connectivity index (χ3v) is 4.56. The molecule has 26 heavy (non-hydrogen) atoms. The number of ether oxygens (including phenoxy) is 1. The Morgan fingerprint density at radius 1 is 1.12 bits per heavy atom. The Kier molecular flexibility index (Phi) is 5.45. The topological polar surface area (TPSA) is 100.0 Å². The van der Waals surface area contributed by atoms with Crippen molar-refractivity contribution in [1.82, 2.24) is 4.98 Å². The highest BCUT2D eigenvalue weighted by atomic mass is 32.1. The monoisotopic (exact) mass is 372 g/mol. The van der Waals surface area contributed by atoms with E-state index in [-0.39, 0.29) is 25.1 Å². The van der Waals surface area contributed by atoms with Gasteiger partial charge in [-0.25, -0.2) is 4.98 Å². The molecule has 0 aliphatic carbocycles. The highest BCUT2D eigenvalue weighted by molar-refractivity contribution is 7.18. The van der Waals surface area contributed by atoms with E-state index >= 15 is 0 Å². The van der Waals surface area contributed by atoms with E-state index in [1.54, 1.807) is 12.1 Å². The van der Waals surface area contributed by atoms with E-state index in [9.17, 15) is 14.8 Å². The zero-order valence-electron chi connectivity index (χ0n) is 13.7. The Labute approximate surface area is 153 Å². The number of thiazole rings is 1. The first-order valence-electron chi connectivity index (χ1n) is 7.84. The Hall–Kier alpha value is -2.97. The van der Waals surface area contributed by atoms with Gasteiger partial charge in [0.1, 0.15) is 17.4 Å². The number of benzene rings is 2. The SMILES string of the molecule is O=C(O)CCC(=O)N(O)c1cccc(OCc2nc3ccccc3s2)c1. The number of hydrogen-bond acceptors (Lipinski definition) is 6. The summed E-state index contributed by atoms with van der Waals surface area (Å²) in [6, 6.07) is 14.2. The maximum atomic E-state index is 11.8. The quantitative estimate of drug-likeness (QED) is 0.487. The summed E-state index contributed by atoms with van der Waals surface area (Å²) in [5.41, 5.74) is 1.12. The van der Waals surface area contributed by atoms with E-state index in [4.69, 9.17) is 9.84 Å². The van der Waals surface area contributed by atoms with Crippen molar-refractivity contribution in [3.63, 3.8) is 0 Å². The lowest BCUT2D eigenvalue weighted by molar-refractivity contribution is -0.139. The van der Waals surface area contributed by atoms with Crippen LogP contribution in [0, 0.1) is 0 Å². The smallest absolute Gasteiger partial charge is 0.303 e. The maximum absolute atomic E-state index is 11.8. The lowest BCUT2D eigenvalue weighted by atomic mass is 10.2. The minimum atomic E-state index is -1.10. The van der Waals surface area contributed by atoms with Crippen LogP contribution < -0.4 is 9.80 Å². The van der Waals surface area contributed by atoms with Crippen LogP contribution in [-0.2, 0) is 16.2 Å². The number of hydrogen-bond donors (Lipinski definition) is 2. The van der Waals surface area contributed by atoms with E-state index in [2.05, 4.69) is 4.98 Å². The van der Waals surface area contributed by atoms with E-state index in [1.807, 2.05) is 24.3 Å². The first-order chi connectivity index (χ1) is 12.5. The largest absolute Gasteiger partial charge is 0.486 e. The van der Waals surface area contributed by atoms with Gasteiger partial charge in [-0.05, 0) is 24.3 Å². The number of carbonyl (C=O) groups excluding carboxylic acids is 1. The molecule has 3 rings (SSSR count). The zero-order chi connectivity index (χ0) is 18.5. The van der Waals surface area contributed by atoms with Crippen molar-refractivity contribution in [2.75, 3.05) is 5.06 Å². The Bertz CT molecular complexity index is 907. The molecule has 3 aromatic rings. The van der Waals surface area contributed by atoms with Crippen LogP contribution in [0.1, 0.15) is 17.8 Å². The number of carboxylic acid groups (broad SMARTS) is 1. The average molecular weight is 372 g/mol. The zero-order valence-corrected chi connectivity index (χ0v) is 14.5.